The quantitative estimate of drug-likeness (QED) is 0.772. The van der Waals surface area contributed by atoms with Crippen LogP contribution in [0.4, 0.5) is 5.69 Å². The van der Waals surface area contributed by atoms with Crippen LogP contribution in [0.1, 0.15) is 45.4 Å². The number of carbonyl (C=O) groups is 3. The molecule has 1 aromatic rings. The van der Waals surface area contributed by atoms with Crippen LogP contribution in [0.2, 0.25) is 0 Å². The molecule has 2 amide bonds. The molecule has 0 bridgehead atoms. The van der Waals surface area contributed by atoms with Gasteiger partial charge in [0.15, 0.2) is 12.7 Å². The van der Waals surface area contributed by atoms with Gasteiger partial charge in [-0.1, -0.05) is 31.4 Å². The van der Waals surface area contributed by atoms with Gasteiger partial charge >= 0.3 is 5.97 Å². The minimum absolute atomic E-state index is 0.0150. The average molecular weight is 374 g/mol. The second-order valence-corrected chi connectivity index (χ2v) is 7.03. The van der Waals surface area contributed by atoms with Crippen LogP contribution in [-0.4, -0.2) is 43.1 Å². The van der Waals surface area contributed by atoms with Crippen LogP contribution in [0.3, 0.4) is 0 Å². The highest BCUT2D eigenvalue weighted by molar-refractivity contribution is 5.98. The number of carbonyl (C=O) groups excluding carboxylic acids is 3. The highest BCUT2D eigenvalue weighted by atomic mass is 16.5. The number of ether oxygens (including phenoxy) is 2. The Morgan fingerprint density at radius 3 is 2.78 bits per heavy atom. The molecule has 1 fully saturated rings. The maximum atomic E-state index is 12.2. The second kappa shape index (κ2) is 8.88. The number of benzene rings is 1. The molecule has 3 rings (SSSR count). The highest BCUT2D eigenvalue weighted by Crippen LogP contribution is 2.31. The SMILES string of the molecule is C[C@H](OC(=O)CCN1C(=O)COc2ccccc21)C(=O)NC1CCCCC1. The number of hydrogen-bond donors (Lipinski definition) is 1. The molecule has 146 valence electrons. The first kappa shape index (κ1) is 19.2. The highest BCUT2D eigenvalue weighted by Gasteiger charge is 2.27. The molecule has 0 spiro atoms. The molecule has 1 N–H and O–H groups in total. The summed E-state index contributed by atoms with van der Waals surface area (Å²) in [6, 6.07) is 7.37. The summed E-state index contributed by atoms with van der Waals surface area (Å²) in [7, 11) is 0. The average Bonchev–Trinajstić information content (AvgIpc) is 2.68. The summed E-state index contributed by atoms with van der Waals surface area (Å²) >= 11 is 0. The lowest BCUT2D eigenvalue weighted by Crippen LogP contribution is -2.43. The first-order valence-electron chi connectivity index (χ1n) is 9.56. The number of nitrogens with one attached hydrogen (secondary N) is 1. The van der Waals surface area contributed by atoms with Gasteiger partial charge in [-0.3, -0.25) is 14.4 Å². The van der Waals surface area contributed by atoms with Crippen molar-refractivity contribution in [2.75, 3.05) is 18.1 Å². The third-order valence-corrected chi connectivity index (χ3v) is 4.98. The fourth-order valence-corrected chi connectivity index (χ4v) is 3.48. The molecule has 0 radical (unpaired) electrons. The van der Waals surface area contributed by atoms with Gasteiger partial charge in [-0.05, 0) is 31.9 Å². The van der Waals surface area contributed by atoms with E-state index in [-0.39, 0.29) is 37.4 Å². The Morgan fingerprint density at radius 2 is 2.00 bits per heavy atom. The summed E-state index contributed by atoms with van der Waals surface area (Å²) in [6.07, 6.45) is 4.58. The Kier molecular flexibility index (Phi) is 6.32. The molecule has 1 aromatic carbocycles. The lowest BCUT2D eigenvalue weighted by atomic mass is 9.95. The van der Waals surface area contributed by atoms with Crippen molar-refractivity contribution in [2.24, 2.45) is 0 Å². The van der Waals surface area contributed by atoms with Crippen LogP contribution in [0.15, 0.2) is 24.3 Å². The van der Waals surface area contributed by atoms with Crippen molar-refractivity contribution in [3.63, 3.8) is 0 Å². The number of esters is 1. The minimum Gasteiger partial charge on any atom is -0.482 e. The Bertz CT molecular complexity index is 699. The van der Waals surface area contributed by atoms with Crippen molar-refractivity contribution in [1.29, 1.82) is 0 Å². The van der Waals surface area contributed by atoms with Crippen molar-refractivity contribution < 1.29 is 23.9 Å². The molecule has 1 aliphatic carbocycles. The van der Waals surface area contributed by atoms with E-state index in [0.29, 0.717) is 11.4 Å². The van der Waals surface area contributed by atoms with Crippen LogP contribution in [0.5, 0.6) is 5.75 Å². The Hall–Kier alpha value is -2.57. The van der Waals surface area contributed by atoms with Crippen LogP contribution in [0.25, 0.3) is 0 Å². The molecule has 1 saturated carbocycles. The minimum atomic E-state index is -0.841. The van der Waals surface area contributed by atoms with E-state index >= 15 is 0 Å². The van der Waals surface area contributed by atoms with Gasteiger partial charge in [-0.15, -0.1) is 0 Å². The monoisotopic (exact) mass is 374 g/mol. The molecule has 7 heteroatoms. The van der Waals surface area contributed by atoms with Crippen molar-refractivity contribution in [1.82, 2.24) is 5.32 Å². The fraction of sp³-hybridized carbons (Fsp3) is 0.550. The van der Waals surface area contributed by atoms with Gasteiger partial charge < -0.3 is 19.7 Å². The summed E-state index contributed by atoms with van der Waals surface area (Å²) in [6.45, 7) is 1.71. The van der Waals surface area contributed by atoms with Gasteiger partial charge in [0.1, 0.15) is 5.75 Å². The smallest absolute Gasteiger partial charge is 0.308 e. The predicted molar refractivity (Wildman–Crippen MR) is 99.5 cm³/mol. The van der Waals surface area contributed by atoms with Crippen molar-refractivity contribution in [2.45, 2.75) is 57.6 Å². The molecular weight excluding hydrogens is 348 g/mol. The maximum Gasteiger partial charge on any atom is 0.308 e. The molecule has 1 atom stereocenters. The molecule has 0 unspecified atom stereocenters. The van der Waals surface area contributed by atoms with E-state index in [4.69, 9.17) is 9.47 Å². The Labute approximate surface area is 159 Å². The summed E-state index contributed by atoms with van der Waals surface area (Å²) in [5.41, 5.74) is 0.643. The van der Waals surface area contributed by atoms with E-state index in [0.717, 1.165) is 25.7 Å². The Balaban J connectivity index is 1.48. The van der Waals surface area contributed by atoms with Crippen molar-refractivity contribution in [3.05, 3.63) is 24.3 Å². The van der Waals surface area contributed by atoms with Crippen LogP contribution in [-0.2, 0) is 19.1 Å². The van der Waals surface area contributed by atoms with E-state index in [2.05, 4.69) is 5.32 Å². The third kappa shape index (κ3) is 4.99. The number of fused-ring (bicyclic) bond motifs is 1. The summed E-state index contributed by atoms with van der Waals surface area (Å²) < 4.78 is 10.6. The predicted octanol–water partition coefficient (Wildman–Crippen LogP) is 2.18. The van der Waals surface area contributed by atoms with Crippen molar-refractivity contribution in [3.8, 4) is 5.75 Å². The van der Waals surface area contributed by atoms with E-state index in [1.165, 1.54) is 11.3 Å². The first-order chi connectivity index (χ1) is 13.0. The lowest BCUT2D eigenvalue weighted by molar-refractivity contribution is -0.155. The fourth-order valence-electron chi connectivity index (χ4n) is 3.48. The molecular formula is C20H26N2O5. The normalized spacial score (nSPS) is 18.3. The Morgan fingerprint density at radius 1 is 1.26 bits per heavy atom. The maximum absolute atomic E-state index is 12.2. The molecule has 2 aliphatic rings. The number of anilines is 1. The van der Waals surface area contributed by atoms with Crippen LogP contribution < -0.4 is 15.0 Å². The van der Waals surface area contributed by atoms with Gasteiger partial charge in [-0.2, -0.15) is 0 Å². The molecule has 27 heavy (non-hydrogen) atoms. The zero-order valence-corrected chi connectivity index (χ0v) is 15.6. The van der Waals surface area contributed by atoms with E-state index in [1.807, 2.05) is 12.1 Å². The van der Waals surface area contributed by atoms with Gasteiger partial charge in [-0.25, -0.2) is 0 Å². The number of rotatable bonds is 6. The third-order valence-electron chi connectivity index (χ3n) is 4.98. The standard InChI is InChI=1S/C20H26N2O5/c1-14(20(25)21-15-7-3-2-4-8-15)27-19(24)11-12-22-16-9-5-6-10-17(16)26-13-18(22)23/h5-6,9-10,14-15H,2-4,7-8,11-13H2,1H3,(H,21,25)/t14-/m0/s1. The van der Waals surface area contributed by atoms with Gasteiger partial charge in [0.2, 0.25) is 0 Å². The summed E-state index contributed by atoms with van der Waals surface area (Å²) in [4.78, 5) is 38.0. The molecule has 0 aromatic heterocycles. The summed E-state index contributed by atoms with van der Waals surface area (Å²) in [5.74, 6) is -0.351. The zero-order valence-electron chi connectivity index (χ0n) is 15.6. The van der Waals surface area contributed by atoms with Crippen molar-refractivity contribution >= 4 is 23.5 Å². The first-order valence-corrected chi connectivity index (χ1v) is 9.56. The molecule has 1 heterocycles. The summed E-state index contributed by atoms with van der Waals surface area (Å²) in [5, 5.41) is 2.95. The van der Waals surface area contributed by atoms with E-state index in [1.54, 1.807) is 19.1 Å². The number of nitrogens with zero attached hydrogens (tertiary/aromatic N) is 1. The lowest BCUT2D eigenvalue weighted by Gasteiger charge is -2.29. The number of hydrogen-bond acceptors (Lipinski definition) is 5. The number of para-hydroxylation sites is 2. The van der Waals surface area contributed by atoms with Gasteiger partial charge in [0, 0.05) is 12.6 Å². The van der Waals surface area contributed by atoms with Crippen LogP contribution >= 0.6 is 0 Å². The van der Waals surface area contributed by atoms with Gasteiger partial charge in [0.25, 0.3) is 11.8 Å². The topological polar surface area (TPSA) is 84.9 Å². The second-order valence-electron chi connectivity index (χ2n) is 7.03. The zero-order chi connectivity index (χ0) is 19.2. The van der Waals surface area contributed by atoms with Gasteiger partial charge in [0.05, 0.1) is 12.1 Å². The largest absolute Gasteiger partial charge is 0.482 e. The number of amides is 2. The molecule has 7 nitrogen and oxygen atoms in total. The van der Waals surface area contributed by atoms with Crippen LogP contribution in [0, 0.1) is 0 Å². The molecule has 0 saturated heterocycles. The van der Waals surface area contributed by atoms with E-state index in [9.17, 15) is 14.4 Å². The van der Waals surface area contributed by atoms with E-state index < -0.39 is 12.1 Å². The molecule has 1 aliphatic heterocycles.